The molecule has 0 spiro atoms. The zero-order chi connectivity index (χ0) is 22.4. The van der Waals surface area contributed by atoms with E-state index in [-0.39, 0.29) is 17.7 Å². The number of hydrogen-bond donors (Lipinski definition) is 2. The van der Waals surface area contributed by atoms with E-state index in [2.05, 4.69) is 5.32 Å². The van der Waals surface area contributed by atoms with Gasteiger partial charge in [0, 0.05) is 35.7 Å². The Balaban J connectivity index is 0.000000330. The van der Waals surface area contributed by atoms with Crippen molar-refractivity contribution >= 4 is 11.8 Å². The molecule has 0 saturated heterocycles. The van der Waals surface area contributed by atoms with Crippen LogP contribution in [0.1, 0.15) is 37.7 Å². The number of allylic oxidation sites excluding steroid dienone is 3. The number of carbonyl (C=O) groups excluding carboxylic acids is 2. The van der Waals surface area contributed by atoms with Crippen LogP contribution >= 0.6 is 0 Å². The van der Waals surface area contributed by atoms with Gasteiger partial charge in [-0.2, -0.15) is 0 Å². The Hall–Kier alpha value is -3.54. The van der Waals surface area contributed by atoms with E-state index >= 15 is 0 Å². The zero-order valence-corrected chi connectivity index (χ0v) is 18.0. The average Bonchev–Trinajstić information content (AvgIpc) is 2.79. The predicted molar refractivity (Wildman–Crippen MR) is 118 cm³/mol. The van der Waals surface area contributed by atoms with Crippen molar-refractivity contribution in [2.45, 2.75) is 32.1 Å². The van der Waals surface area contributed by atoms with Crippen LogP contribution in [0, 0.1) is 0 Å². The molecule has 6 heteroatoms. The van der Waals surface area contributed by atoms with Gasteiger partial charge in [0.05, 0.1) is 19.8 Å². The van der Waals surface area contributed by atoms with Gasteiger partial charge in [-0.15, -0.1) is 0 Å². The Bertz CT molecular complexity index is 1020. The number of aromatic hydroxyl groups is 1. The molecule has 0 aromatic heterocycles. The Labute approximate surface area is 182 Å². The molecule has 0 unspecified atom stereocenters. The summed E-state index contributed by atoms with van der Waals surface area (Å²) in [5.74, 6) is 0.896. The molecular weight excluding hydrogens is 394 g/mol. The number of dihydropyridines is 1. The maximum absolute atomic E-state index is 12.7. The Kier molecular flexibility index (Phi) is 7.13. The van der Waals surface area contributed by atoms with E-state index in [0.717, 1.165) is 29.1 Å². The van der Waals surface area contributed by atoms with Gasteiger partial charge < -0.3 is 19.9 Å². The van der Waals surface area contributed by atoms with Gasteiger partial charge in [-0.25, -0.2) is 4.79 Å². The molecule has 2 aromatic rings. The second kappa shape index (κ2) is 9.98. The van der Waals surface area contributed by atoms with Crippen LogP contribution in [0.2, 0.25) is 0 Å². The number of hydrogen-bond acceptors (Lipinski definition) is 6. The maximum Gasteiger partial charge on any atom is 0.335 e. The van der Waals surface area contributed by atoms with Crippen LogP contribution in [0.25, 0.3) is 0 Å². The van der Waals surface area contributed by atoms with Crippen LogP contribution in [0.5, 0.6) is 11.5 Å². The highest BCUT2D eigenvalue weighted by molar-refractivity contribution is 6.01. The lowest BCUT2D eigenvalue weighted by Crippen LogP contribution is -2.31. The summed E-state index contributed by atoms with van der Waals surface area (Å²) in [5.41, 5.74) is 3.94. The first kappa shape index (κ1) is 22.2. The predicted octanol–water partition coefficient (Wildman–Crippen LogP) is 4.23. The summed E-state index contributed by atoms with van der Waals surface area (Å²) in [6.45, 7) is 1.84. The number of nitrogens with one attached hydrogen (secondary N) is 1. The summed E-state index contributed by atoms with van der Waals surface area (Å²) in [4.78, 5) is 24.5. The smallest absolute Gasteiger partial charge is 0.335 e. The highest BCUT2D eigenvalue weighted by Crippen LogP contribution is 2.41. The molecule has 0 fully saturated rings. The van der Waals surface area contributed by atoms with Gasteiger partial charge in [-0.1, -0.05) is 36.4 Å². The normalized spacial score (nSPS) is 17.8. The number of ketones is 1. The van der Waals surface area contributed by atoms with E-state index in [4.69, 9.17) is 14.6 Å². The standard InChI is InChI=1S/C19H21NO4.C6H6O/c1-11-14(19(22)24-3)10-15-16(20-11)8-12(9-17(15)21)13-6-4-5-7-18(13)23-2;7-6-4-2-1-3-5-6/h4-7,12,20H,8-10H2,1-3H3;1-5,7H/t12-;/m1./s1. The largest absolute Gasteiger partial charge is 0.508 e. The van der Waals surface area contributed by atoms with Gasteiger partial charge >= 0.3 is 5.97 Å². The van der Waals surface area contributed by atoms with Crippen molar-refractivity contribution < 1.29 is 24.2 Å². The van der Waals surface area contributed by atoms with Crippen LogP contribution in [0.15, 0.2) is 77.1 Å². The van der Waals surface area contributed by atoms with Crippen molar-refractivity contribution in [3.8, 4) is 11.5 Å². The van der Waals surface area contributed by atoms with Gasteiger partial charge in [0.2, 0.25) is 0 Å². The van der Waals surface area contributed by atoms with Crippen LogP contribution in [0.4, 0.5) is 0 Å². The Morgan fingerprint density at radius 3 is 2.32 bits per heavy atom. The van der Waals surface area contributed by atoms with Gasteiger partial charge in [0.1, 0.15) is 11.5 Å². The van der Waals surface area contributed by atoms with Crippen molar-refractivity contribution in [3.05, 3.63) is 82.7 Å². The molecule has 0 radical (unpaired) electrons. The third-order valence-corrected chi connectivity index (χ3v) is 5.49. The first-order valence-corrected chi connectivity index (χ1v) is 10.1. The number of phenolic OH excluding ortho intramolecular Hbond substituents is 1. The lowest BCUT2D eigenvalue weighted by Gasteiger charge is -2.32. The number of carbonyl (C=O) groups is 2. The molecule has 0 saturated carbocycles. The summed E-state index contributed by atoms with van der Waals surface area (Å²) in [6, 6.07) is 16.5. The highest BCUT2D eigenvalue weighted by Gasteiger charge is 2.34. The quantitative estimate of drug-likeness (QED) is 0.722. The summed E-state index contributed by atoms with van der Waals surface area (Å²) in [5, 5.41) is 11.9. The molecule has 31 heavy (non-hydrogen) atoms. The third-order valence-electron chi connectivity index (χ3n) is 5.49. The molecule has 162 valence electrons. The molecule has 1 aliphatic carbocycles. The van der Waals surface area contributed by atoms with Crippen molar-refractivity contribution in [2.75, 3.05) is 14.2 Å². The molecule has 2 aliphatic rings. The van der Waals surface area contributed by atoms with E-state index in [1.807, 2.05) is 37.3 Å². The summed E-state index contributed by atoms with van der Waals surface area (Å²) in [7, 11) is 3.00. The first-order valence-electron chi connectivity index (χ1n) is 10.1. The number of para-hydroxylation sites is 2. The third kappa shape index (κ3) is 5.15. The minimum Gasteiger partial charge on any atom is -0.508 e. The van der Waals surface area contributed by atoms with E-state index in [1.165, 1.54) is 7.11 Å². The van der Waals surface area contributed by atoms with Gasteiger partial charge in [0.25, 0.3) is 0 Å². The lowest BCUT2D eigenvalue weighted by molar-refractivity contribution is -0.136. The zero-order valence-electron chi connectivity index (χ0n) is 18.0. The number of methoxy groups -OCH3 is 2. The van der Waals surface area contributed by atoms with E-state index < -0.39 is 0 Å². The van der Waals surface area contributed by atoms with Crippen molar-refractivity contribution in [1.82, 2.24) is 5.32 Å². The summed E-state index contributed by atoms with van der Waals surface area (Å²) >= 11 is 0. The van der Waals surface area contributed by atoms with Crippen LogP contribution < -0.4 is 10.1 Å². The molecule has 0 bridgehead atoms. The second-order valence-electron chi connectivity index (χ2n) is 7.46. The minimum atomic E-state index is -0.383. The Morgan fingerprint density at radius 2 is 1.71 bits per heavy atom. The van der Waals surface area contributed by atoms with E-state index in [9.17, 15) is 9.59 Å². The van der Waals surface area contributed by atoms with E-state index in [0.29, 0.717) is 29.7 Å². The van der Waals surface area contributed by atoms with Gasteiger partial charge in [-0.05, 0) is 37.1 Å². The average molecular weight is 421 g/mol. The molecule has 6 nitrogen and oxygen atoms in total. The van der Waals surface area contributed by atoms with Gasteiger partial charge in [0.15, 0.2) is 5.78 Å². The monoisotopic (exact) mass is 421 g/mol. The molecule has 2 N–H and O–H groups in total. The Morgan fingerprint density at radius 1 is 1.03 bits per heavy atom. The topological polar surface area (TPSA) is 84.9 Å². The number of ether oxygens (including phenoxy) is 2. The SMILES string of the molecule is COC(=O)C1=C(C)NC2=C(C1)C(=O)C[C@H](c1ccccc1OC)C2.Oc1ccccc1. The van der Waals surface area contributed by atoms with Crippen LogP contribution in [-0.2, 0) is 14.3 Å². The molecule has 4 rings (SSSR count). The number of Topliss-reactive ketones (excluding diaryl/α,β-unsaturated/α-hetero) is 1. The van der Waals surface area contributed by atoms with Crippen LogP contribution in [0.3, 0.4) is 0 Å². The van der Waals surface area contributed by atoms with Crippen molar-refractivity contribution in [3.63, 3.8) is 0 Å². The second-order valence-corrected chi connectivity index (χ2v) is 7.46. The number of rotatable bonds is 3. The fourth-order valence-electron chi connectivity index (χ4n) is 3.90. The van der Waals surface area contributed by atoms with Crippen molar-refractivity contribution in [2.24, 2.45) is 0 Å². The molecular formula is C25H27NO5. The molecule has 1 atom stereocenters. The molecule has 0 amide bonds. The highest BCUT2D eigenvalue weighted by atomic mass is 16.5. The maximum atomic E-state index is 12.7. The first-order chi connectivity index (χ1) is 14.9. The van der Waals surface area contributed by atoms with Gasteiger partial charge in [-0.3, -0.25) is 4.79 Å². The molecule has 2 aromatic carbocycles. The number of esters is 1. The van der Waals surface area contributed by atoms with Crippen LogP contribution in [-0.4, -0.2) is 31.1 Å². The van der Waals surface area contributed by atoms with Crippen molar-refractivity contribution in [1.29, 1.82) is 0 Å². The fourth-order valence-corrected chi connectivity index (χ4v) is 3.90. The summed E-state index contributed by atoms with van der Waals surface area (Å²) < 4.78 is 10.2. The van der Waals surface area contributed by atoms with E-state index in [1.54, 1.807) is 31.4 Å². The number of phenols is 1. The molecule has 1 heterocycles. The summed E-state index contributed by atoms with van der Waals surface area (Å²) in [6.07, 6.45) is 1.50. The lowest BCUT2D eigenvalue weighted by atomic mass is 9.78. The fraction of sp³-hybridized carbons (Fsp3) is 0.280. The minimum absolute atomic E-state index is 0.0763. The number of benzene rings is 2. The molecule has 1 aliphatic heterocycles.